The summed E-state index contributed by atoms with van der Waals surface area (Å²) >= 11 is 0. The van der Waals surface area contributed by atoms with Crippen molar-refractivity contribution in [2.24, 2.45) is 0 Å². The normalized spacial score (nSPS) is 28.4. The minimum absolute atomic E-state index is 0.144. The summed E-state index contributed by atoms with van der Waals surface area (Å²) < 4.78 is 0. The van der Waals surface area contributed by atoms with Gasteiger partial charge in [-0.1, -0.05) is 6.08 Å². The van der Waals surface area contributed by atoms with Crippen molar-refractivity contribution >= 4 is 0 Å². The van der Waals surface area contributed by atoms with Crippen LogP contribution in [0.2, 0.25) is 0 Å². The summed E-state index contributed by atoms with van der Waals surface area (Å²) in [6.07, 6.45) is 3.02. The molecule has 0 aromatic heterocycles. The number of aliphatic hydroxyl groups is 1. The van der Waals surface area contributed by atoms with E-state index < -0.39 is 0 Å². The fourth-order valence-electron chi connectivity index (χ4n) is 2.11. The summed E-state index contributed by atoms with van der Waals surface area (Å²) in [5, 5.41) is 12.7. The lowest BCUT2D eigenvalue weighted by Crippen LogP contribution is -2.52. The Morgan fingerprint density at radius 3 is 2.93 bits per heavy atom. The van der Waals surface area contributed by atoms with E-state index in [2.05, 4.69) is 30.6 Å². The van der Waals surface area contributed by atoms with E-state index in [9.17, 15) is 5.11 Å². The molecule has 1 unspecified atom stereocenters. The van der Waals surface area contributed by atoms with Gasteiger partial charge >= 0.3 is 0 Å². The third kappa shape index (κ3) is 2.56. The van der Waals surface area contributed by atoms with Crippen LogP contribution in [-0.2, 0) is 0 Å². The Kier molecular flexibility index (Phi) is 4.11. The average molecular weight is 198 g/mol. The molecule has 1 fully saturated rings. The zero-order valence-electron chi connectivity index (χ0n) is 9.29. The van der Waals surface area contributed by atoms with Gasteiger partial charge in [0.15, 0.2) is 0 Å². The predicted molar refractivity (Wildman–Crippen MR) is 59.3 cm³/mol. The Labute approximate surface area is 86.8 Å². The molecule has 0 amide bonds. The van der Waals surface area contributed by atoms with E-state index in [0.717, 1.165) is 26.1 Å². The highest BCUT2D eigenvalue weighted by molar-refractivity contribution is 4.93. The van der Waals surface area contributed by atoms with Crippen LogP contribution in [0.4, 0.5) is 0 Å². The first-order valence-electron chi connectivity index (χ1n) is 5.31. The van der Waals surface area contributed by atoms with Gasteiger partial charge in [0.1, 0.15) is 0 Å². The quantitative estimate of drug-likeness (QED) is 0.652. The predicted octanol–water partition coefficient (Wildman–Crippen LogP) is 0.607. The van der Waals surface area contributed by atoms with Crippen LogP contribution in [0.3, 0.4) is 0 Å². The number of hydrogen-bond donors (Lipinski definition) is 2. The maximum absolute atomic E-state index is 9.33. The second kappa shape index (κ2) is 4.91. The molecule has 1 heterocycles. The second-order valence-electron chi connectivity index (χ2n) is 4.54. The van der Waals surface area contributed by atoms with Crippen LogP contribution in [-0.4, -0.2) is 47.8 Å². The molecule has 3 heteroatoms. The van der Waals surface area contributed by atoms with Gasteiger partial charge in [-0.25, -0.2) is 0 Å². The summed E-state index contributed by atoms with van der Waals surface area (Å²) in [4.78, 5) is 2.33. The lowest BCUT2D eigenvalue weighted by atomic mass is 9.97. The van der Waals surface area contributed by atoms with E-state index in [1.54, 1.807) is 0 Å². The molecule has 1 atom stereocenters. The van der Waals surface area contributed by atoms with Crippen LogP contribution < -0.4 is 5.32 Å². The topological polar surface area (TPSA) is 35.5 Å². The van der Waals surface area contributed by atoms with E-state index in [0.29, 0.717) is 0 Å². The second-order valence-corrected chi connectivity index (χ2v) is 4.54. The summed E-state index contributed by atoms with van der Waals surface area (Å²) in [5.74, 6) is 0. The Balaban J connectivity index is 2.77. The lowest BCUT2D eigenvalue weighted by molar-refractivity contribution is 0.0571. The largest absolute Gasteiger partial charge is 0.395 e. The van der Waals surface area contributed by atoms with Gasteiger partial charge in [-0.05, 0) is 26.8 Å². The SMILES string of the molecule is C=CCN1C(CO)CNCCC1(C)C. The number of nitrogens with one attached hydrogen (secondary N) is 1. The molecule has 3 nitrogen and oxygen atoms in total. The van der Waals surface area contributed by atoms with Crippen LogP contribution in [0.15, 0.2) is 12.7 Å². The molecule has 0 bridgehead atoms. The zero-order valence-corrected chi connectivity index (χ0v) is 9.29. The summed E-state index contributed by atoms with van der Waals surface area (Å²) in [7, 11) is 0. The van der Waals surface area contributed by atoms with Gasteiger partial charge in [0.2, 0.25) is 0 Å². The number of nitrogens with zero attached hydrogens (tertiary/aromatic N) is 1. The van der Waals surface area contributed by atoms with Crippen molar-refractivity contribution in [1.29, 1.82) is 0 Å². The molecule has 0 spiro atoms. The molecule has 0 saturated carbocycles. The number of rotatable bonds is 3. The van der Waals surface area contributed by atoms with E-state index >= 15 is 0 Å². The Hall–Kier alpha value is -0.380. The molecular weight excluding hydrogens is 176 g/mol. The minimum Gasteiger partial charge on any atom is -0.395 e. The van der Waals surface area contributed by atoms with Gasteiger partial charge in [-0.2, -0.15) is 0 Å². The Morgan fingerprint density at radius 2 is 2.36 bits per heavy atom. The van der Waals surface area contributed by atoms with Gasteiger partial charge in [0, 0.05) is 24.7 Å². The highest BCUT2D eigenvalue weighted by Gasteiger charge is 2.33. The summed E-state index contributed by atoms with van der Waals surface area (Å²) in [6, 6.07) is 0.213. The molecule has 0 radical (unpaired) electrons. The van der Waals surface area contributed by atoms with Crippen molar-refractivity contribution in [1.82, 2.24) is 10.2 Å². The van der Waals surface area contributed by atoms with E-state index in [1.165, 1.54) is 0 Å². The highest BCUT2D eigenvalue weighted by atomic mass is 16.3. The molecular formula is C11H22N2O. The van der Waals surface area contributed by atoms with Crippen LogP contribution >= 0.6 is 0 Å². The van der Waals surface area contributed by atoms with Gasteiger partial charge in [-0.15, -0.1) is 6.58 Å². The summed E-state index contributed by atoms with van der Waals surface area (Å²) in [6.45, 7) is 11.2. The van der Waals surface area contributed by atoms with Crippen molar-refractivity contribution in [3.05, 3.63) is 12.7 Å². The maximum atomic E-state index is 9.33. The summed E-state index contributed by atoms with van der Waals surface area (Å²) in [5.41, 5.74) is 0.144. The van der Waals surface area contributed by atoms with Crippen LogP contribution in [0, 0.1) is 0 Å². The molecule has 1 aliphatic rings. The van der Waals surface area contributed by atoms with Crippen molar-refractivity contribution in [2.45, 2.75) is 31.8 Å². The lowest BCUT2D eigenvalue weighted by Gasteiger charge is -2.40. The van der Waals surface area contributed by atoms with E-state index in [-0.39, 0.29) is 18.2 Å². The maximum Gasteiger partial charge on any atom is 0.0599 e. The minimum atomic E-state index is 0.144. The highest BCUT2D eigenvalue weighted by Crippen LogP contribution is 2.23. The first kappa shape index (κ1) is 11.7. The third-order valence-electron chi connectivity index (χ3n) is 3.05. The van der Waals surface area contributed by atoms with Crippen molar-refractivity contribution in [2.75, 3.05) is 26.2 Å². The molecule has 0 aromatic rings. The van der Waals surface area contributed by atoms with Crippen molar-refractivity contribution in [3.8, 4) is 0 Å². The molecule has 82 valence electrons. The zero-order chi connectivity index (χ0) is 10.6. The number of hydrogen-bond acceptors (Lipinski definition) is 3. The molecule has 2 N–H and O–H groups in total. The first-order chi connectivity index (χ1) is 6.61. The molecule has 0 aliphatic carbocycles. The molecule has 1 aliphatic heterocycles. The average Bonchev–Trinajstić information content (AvgIpc) is 2.28. The Morgan fingerprint density at radius 1 is 1.64 bits per heavy atom. The van der Waals surface area contributed by atoms with Gasteiger partial charge in [0.05, 0.1) is 6.61 Å². The van der Waals surface area contributed by atoms with Crippen LogP contribution in [0.1, 0.15) is 20.3 Å². The first-order valence-corrected chi connectivity index (χ1v) is 5.31. The van der Waals surface area contributed by atoms with Gasteiger partial charge in [-0.3, -0.25) is 4.90 Å². The smallest absolute Gasteiger partial charge is 0.0599 e. The van der Waals surface area contributed by atoms with Crippen LogP contribution in [0.5, 0.6) is 0 Å². The Bertz CT molecular complexity index is 192. The van der Waals surface area contributed by atoms with Gasteiger partial charge < -0.3 is 10.4 Å². The number of aliphatic hydroxyl groups excluding tert-OH is 1. The monoisotopic (exact) mass is 198 g/mol. The van der Waals surface area contributed by atoms with Crippen molar-refractivity contribution < 1.29 is 5.11 Å². The third-order valence-corrected chi connectivity index (χ3v) is 3.05. The fourth-order valence-corrected chi connectivity index (χ4v) is 2.11. The van der Waals surface area contributed by atoms with E-state index in [1.807, 2.05) is 6.08 Å². The van der Waals surface area contributed by atoms with Crippen LogP contribution in [0.25, 0.3) is 0 Å². The fraction of sp³-hybridized carbons (Fsp3) is 0.818. The van der Waals surface area contributed by atoms with Gasteiger partial charge in [0.25, 0.3) is 0 Å². The van der Waals surface area contributed by atoms with Crippen molar-refractivity contribution in [3.63, 3.8) is 0 Å². The molecule has 1 saturated heterocycles. The molecule has 1 rings (SSSR count). The molecule has 14 heavy (non-hydrogen) atoms. The van der Waals surface area contributed by atoms with E-state index in [4.69, 9.17) is 0 Å². The molecule has 0 aromatic carbocycles. The standard InChI is InChI=1S/C11H22N2O/c1-4-7-13-10(9-14)8-12-6-5-11(13,2)3/h4,10,12,14H,1,5-9H2,2-3H3.